The second-order valence-corrected chi connectivity index (χ2v) is 9.63. The molecule has 0 fully saturated rings. The molecule has 0 aromatic heterocycles. The summed E-state index contributed by atoms with van der Waals surface area (Å²) in [6.07, 6.45) is 0.612. The third-order valence-corrected chi connectivity index (χ3v) is 6.01. The normalized spacial score (nSPS) is 17.2. The summed E-state index contributed by atoms with van der Waals surface area (Å²) in [5, 5.41) is 5.17. The molecule has 0 atom stereocenters. The number of nitrogens with two attached hydrogens (primary N) is 1. The third-order valence-electron chi connectivity index (χ3n) is 4.41. The minimum atomic E-state index is -3.73. The van der Waals surface area contributed by atoms with Crippen molar-refractivity contribution in [2.45, 2.75) is 25.2 Å². The van der Waals surface area contributed by atoms with Crippen LogP contribution in [0.1, 0.15) is 31.4 Å². The van der Waals surface area contributed by atoms with E-state index in [1.807, 2.05) is 38.1 Å². The quantitative estimate of drug-likeness (QED) is 0.697. The molecule has 0 unspecified atom stereocenters. The highest BCUT2D eigenvalue weighted by Crippen LogP contribution is 2.47. The maximum atomic E-state index is 13.0. The molecule has 2 aromatic carbocycles. The van der Waals surface area contributed by atoms with Gasteiger partial charge >= 0.3 is 0 Å². The van der Waals surface area contributed by atoms with Gasteiger partial charge in [-0.1, -0.05) is 38.1 Å². The Kier molecular flexibility index (Phi) is 4.63. The van der Waals surface area contributed by atoms with Crippen LogP contribution in [0.15, 0.2) is 53.4 Å². The van der Waals surface area contributed by atoms with E-state index in [1.54, 1.807) is 12.1 Å². The monoisotopic (exact) mass is 467 g/mol. The summed E-state index contributed by atoms with van der Waals surface area (Å²) in [5.74, 6) is 0.111. The molecule has 0 saturated carbocycles. The fourth-order valence-electron chi connectivity index (χ4n) is 3.13. The molecular formula is C19H18INO3S. The van der Waals surface area contributed by atoms with Gasteiger partial charge in [-0.25, -0.2) is 13.6 Å². The van der Waals surface area contributed by atoms with Crippen molar-refractivity contribution in [2.24, 2.45) is 10.6 Å². The molecule has 1 aliphatic rings. The van der Waals surface area contributed by atoms with Gasteiger partial charge in [0.05, 0.1) is 4.90 Å². The molecular weight excluding hydrogens is 449 g/mol. The SMILES string of the molecule is CC1(C)CC(c2ccc(S(N)(=O)=O)cc2)=C(c2cccc(I)c2)C1=O. The minimum Gasteiger partial charge on any atom is -0.294 e. The van der Waals surface area contributed by atoms with Gasteiger partial charge in [-0.2, -0.15) is 0 Å². The van der Waals surface area contributed by atoms with Gasteiger partial charge in [0.25, 0.3) is 0 Å². The zero-order valence-electron chi connectivity index (χ0n) is 13.9. The smallest absolute Gasteiger partial charge is 0.238 e. The Balaban J connectivity index is 2.17. The van der Waals surface area contributed by atoms with Crippen LogP contribution in [-0.2, 0) is 14.8 Å². The molecule has 0 radical (unpaired) electrons. The lowest BCUT2D eigenvalue weighted by Gasteiger charge is -2.15. The number of primary sulfonamides is 1. The molecule has 6 heteroatoms. The van der Waals surface area contributed by atoms with Crippen LogP contribution in [0.3, 0.4) is 0 Å². The zero-order valence-corrected chi connectivity index (χ0v) is 16.9. The summed E-state index contributed by atoms with van der Waals surface area (Å²) < 4.78 is 24.0. The summed E-state index contributed by atoms with van der Waals surface area (Å²) in [6.45, 7) is 3.88. The Hall–Kier alpha value is -1.51. The summed E-state index contributed by atoms with van der Waals surface area (Å²) >= 11 is 2.23. The first-order valence-electron chi connectivity index (χ1n) is 7.77. The molecule has 0 saturated heterocycles. The number of ketones is 1. The average molecular weight is 467 g/mol. The molecule has 1 aliphatic carbocycles. The number of rotatable bonds is 3. The van der Waals surface area contributed by atoms with E-state index in [2.05, 4.69) is 22.6 Å². The molecule has 130 valence electrons. The van der Waals surface area contributed by atoms with Gasteiger partial charge in [0.15, 0.2) is 5.78 Å². The summed E-state index contributed by atoms with van der Waals surface area (Å²) in [7, 11) is -3.73. The maximum absolute atomic E-state index is 13.0. The molecule has 25 heavy (non-hydrogen) atoms. The number of allylic oxidation sites excluding steroid dienone is 2. The molecule has 2 N–H and O–H groups in total. The van der Waals surface area contributed by atoms with Gasteiger partial charge in [0, 0.05) is 14.6 Å². The first-order valence-corrected chi connectivity index (χ1v) is 10.4. The Morgan fingerprint density at radius 3 is 2.24 bits per heavy atom. The first-order chi connectivity index (χ1) is 11.6. The molecule has 0 aliphatic heterocycles. The van der Waals surface area contributed by atoms with E-state index < -0.39 is 15.4 Å². The number of hydrogen-bond donors (Lipinski definition) is 1. The van der Waals surface area contributed by atoms with Crippen molar-refractivity contribution in [3.63, 3.8) is 0 Å². The molecule has 3 rings (SSSR count). The Morgan fingerprint density at radius 1 is 1.04 bits per heavy atom. The summed E-state index contributed by atoms with van der Waals surface area (Å²) in [6, 6.07) is 14.3. The van der Waals surface area contributed by atoms with Crippen molar-refractivity contribution in [1.82, 2.24) is 0 Å². The van der Waals surface area contributed by atoms with Crippen molar-refractivity contribution in [2.75, 3.05) is 0 Å². The van der Waals surface area contributed by atoms with Crippen molar-refractivity contribution in [3.8, 4) is 0 Å². The third kappa shape index (κ3) is 3.56. The summed E-state index contributed by atoms with van der Waals surface area (Å²) in [5.41, 5.74) is 2.92. The van der Waals surface area contributed by atoms with Crippen LogP contribution >= 0.6 is 22.6 Å². The molecule has 0 heterocycles. The standard InChI is InChI=1S/C19H18INO3S/c1-19(2)11-16(12-6-8-15(9-7-12)25(21,23)24)17(18(19)22)13-4-3-5-14(20)10-13/h3-10H,11H2,1-2H3,(H2,21,23,24). The van der Waals surface area contributed by atoms with E-state index >= 15 is 0 Å². The number of benzene rings is 2. The highest BCUT2D eigenvalue weighted by Gasteiger charge is 2.40. The van der Waals surface area contributed by atoms with E-state index in [9.17, 15) is 13.2 Å². The molecule has 2 aromatic rings. The van der Waals surface area contributed by atoms with Crippen molar-refractivity contribution >= 4 is 49.5 Å². The van der Waals surface area contributed by atoms with Crippen LogP contribution in [0.5, 0.6) is 0 Å². The molecule has 0 spiro atoms. The second kappa shape index (κ2) is 6.34. The molecule has 0 bridgehead atoms. The number of Topliss-reactive ketones (excluding diaryl/α,β-unsaturated/α-hetero) is 1. The molecule has 0 amide bonds. The van der Waals surface area contributed by atoms with Crippen LogP contribution in [0, 0.1) is 8.99 Å². The van der Waals surface area contributed by atoms with Crippen LogP contribution in [0.2, 0.25) is 0 Å². The topological polar surface area (TPSA) is 77.2 Å². The Bertz CT molecular complexity index is 990. The summed E-state index contributed by atoms with van der Waals surface area (Å²) in [4.78, 5) is 13.0. The number of carbonyl (C=O) groups is 1. The number of sulfonamides is 1. The average Bonchev–Trinajstić information content (AvgIpc) is 2.77. The van der Waals surface area contributed by atoms with Gasteiger partial charge in [0.2, 0.25) is 10.0 Å². The van der Waals surface area contributed by atoms with E-state index in [0.717, 1.165) is 20.3 Å². The number of hydrogen-bond acceptors (Lipinski definition) is 3. The Morgan fingerprint density at radius 2 is 1.68 bits per heavy atom. The lowest BCUT2D eigenvalue weighted by atomic mass is 9.86. The highest BCUT2D eigenvalue weighted by atomic mass is 127. The van der Waals surface area contributed by atoms with E-state index in [0.29, 0.717) is 12.0 Å². The van der Waals surface area contributed by atoms with Crippen LogP contribution in [0.4, 0.5) is 0 Å². The van der Waals surface area contributed by atoms with Crippen LogP contribution in [-0.4, -0.2) is 14.2 Å². The predicted octanol–water partition coefficient (Wildman–Crippen LogP) is 3.85. The van der Waals surface area contributed by atoms with Gasteiger partial charge in [0.1, 0.15) is 0 Å². The van der Waals surface area contributed by atoms with Crippen molar-refractivity contribution in [1.29, 1.82) is 0 Å². The number of halogens is 1. The van der Waals surface area contributed by atoms with Gasteiger partial charge in [-0.3, -0.25) is 4.79 Å². The van der Waals surface area contributed by atoms with Crippen molar-refractivity contribution < 1.29 is 13.2 Å². The van der Waals surface area contributed by atoms with Crippen LogP contribution in [0.25, 0.3) is 11.1 Å². The largest absolute Gasteiger partial charge is 0.294 e. The minimum absolute atomic E-state index is 0.0660. The second-order valence-electron chi connectivity index (χ2n) is 6.82. The fraction of sp³-hybridized carbons (Fsp3) is 0.211. The lowest BCUT2D eigenvalue weighted by molar-refractivity contribution is -0.120. The number of carbonyl (C=O) groups excluding carboxylic acids is 1. The fourth-order valence-corrected chi connectivity index (χ4v) is 4.19. The van der Waals surface area contributed by atoms with Crippen molar-refractivity contribution in [3.05, 3.63) is 63.2 Å². The van der Waals surface area contributed by atoms with Gasteiger partial charge in [-0.15, -0.1) is 0 Å². The first kappa shape index (κ1) is 18.3. The predicted molar refractivity (Wildman–Crippen MR) is 107 cm³/mol. The maximum Gasteiger partial charge on any atom is 0.238 e. The van der Waals surface area contributed by atoms with E-state index in [1.165, 1.54) is 12.1 Å². The van der Waals surface area contributed by atoms with Gasteiger partial charge in [-0.05, 0) is 70.0 Å². The lowest BCUT2D eigenvalue weighted by Crippen LogP contribution is -2.19. The van der Waals surface area contributed by atoms with Gasteiger partial charge < -0.3 is 0 Å². The molecule has 4 nitrogen and oxygen atoms in total. The van der Waals surface area contributed by atoms with E-state index in [-0.39, 0.29) is 10.7 Å². The zero-order chi connectivity index (χ0) is 18.4. The van der Waals surface area contributed by atoms with Crippen LogP contribution < -0.4 is 5.14 Å². The highest BCUT2D eigenvalue weighted by molar-refractivity contribution is 14.1. The van der Waals surface area contributed by atoms with E-state index in [4.69, 9.17) is 5.14 Å². The Labute approximate surface area is 161 Å².